The fourth-order valence-corrected chi connectivity index (χ4v) is 2.74. The molecule has 2 heterocycles. The van der Waals surface area contributed by atoms with Gasteiger partial charge in [-0.15, -0.1) is 0 Å². The van der Waals surface area contributed by atoms with Crippen molar-refractivity contribution in [2.24, 2.45) is 5.92 Å². The highest BCUT2D eigenvalue weighted by atomic mass is 19.4. The first kappa shape index (κ1) is 15.6. The quantitative estimate of drug-likeness (QED) is 0.931. The van der Waals surface area contributed by atoms with Crippen LogP contribution in [0.2, 0.25) is 0 Å². The number of carbonyl (C=O) groups is 1. The Morgan fingerprint density at radius 1 is 1.22 bits per heavy atom. The fraction of sp³-hybridized carbons (Fsp3) is 0.467. The third-order valence-electron chi connectivity index (χ3n) is 4.03. The number of nitrogens with one attached hydrogen (secondary N) is 1. The van der Waals surface area contributed by atoms with E-state index in [-0.39, 0.29) is 24.6 Å². The number of hydrogen-bond acceptors (Lipinski definition) is 4. The largest absolute Gasteiger partial charge is 0.461 e. The van der Waals surface area contributed by atoms with Crippen LogP contribution in [-0.2, 0) is 0 Å². The predicted molar refractivity (Wildman–Crippen MR) is 73.5 cm³/mol. The Labute approximate surface area is 129 Å². The molecule has 1 aliphatic carbocycles. The molecule has 0 atom stereocenters. The summed E-state index contributed by atoms with van der Waals surface area (Å²) in [7, 11) is 0. The van der Waals surface area contributed by atoms with Crippen LogP contribution >= 0.6 is 0 Å². The molecule has 1 amide bonds. The van der Waals surface area contributed by atoms with Crippen LogP contribution in [0, 0.1) is 5.92 Å². The fourth-order valence-electron chi connectivity index (χ4n) is 2.74. The second kappa shape index (κ2) is 6.10. The van der Waals surface area contributed by atoms with Crippen molar-refractivity contribution >= 4 is 5.91 Å². The average molecular weight is 328 g/mol. The Hall–Kier alpha value is -2.25. The number of amides is 1. The van der Waals surface area contributed by atoms with Gasteiger partial charge in [-0.1, -0.05) is 5.16 Å². The first-order valence-corrected chi connectivity index (χ1v) is 7.31. The topological polar surface area (TPSA) is 68.3 Å². The molecule has 2 aromatic rings. The predicted octanol–water partition coefficient (Wildman–Crippen LogP) is 3.79. The summed E-state index contributed by atoms with van der Waals surface area (Å²) >= 11 is 0. The van der Waals surface area contributed by atoms with E-state index in [9.17, 15) is 18.0 Å². The zero-order valence-corrected chi connectivity index (χ0v) is 12.1. The molecule has 1 saturated carbocycles. The van der Waals surface area contributed by atoms with E-state index in [1.807, 2.05) is 0 Å². The number of furan rings is 1. The van der Waals surface area contributed by atoms with Crippen molar-refractivity contribution in [2.75, 3.05) is 0 Å². The summed E-state index contributed by atoms with van der Waals surface area (Å²) in [6, 6.07) is 4.51. The summed E-state index contributed by atoms with van der Waals surface area (Å²) in [6.45, 7) is 0. The minimum atomic E-state index is -4.15. The van der Waals surface area contributed by atoms with E-state index in [1.165, 1.54) is 12.3 Å². The van der Waals surface area contributed by atoms with Crippen molar-refractivity contribution in [3.05, 3.63) is 30.2 Å². The highest BCUT2D eigenvalue weighted by Crippen LogP contribution is 2.37. The number of alkyl halides is 3. The highest BCUT2D eigenvalue weighted by molar-refractivity contribution is 5.93. The number of carbonyl (C=O) groups excluding carboxylic acids is 1. The molecule has 0 bridgehead atoms. The normalized spacial score (nSPS) is 22.0. The standard InChI is InChI=1S/C15H15F3N2O3/c16-15(17,18)9-3-5-10(6-4-9)19-14(21)11-8-13(23-20-11)12-2-1-7-22-12/h1-2,7-10H,3-6H2,(H,19,21). The summed E-state index contributed by atoms with van der Waals surface area (Å²) in [4.78, 5) is 12.1. The summed E-state index contributed by atoms with van der Waals surface area (Å²) in [5, 5.41) is 6.37. The van der Waals surface area contributed by atoms with E-state index in [0.29, 0.717) is 24.4 Å². The highest BCUT2D eigenvalue weighted by Gasteiger charge is 2.41. The van der Waals surface area contributed by atoms with E-state index in [4.69, 9.17) is 8.94 Å². The van der Waals surface area contributed by atoms with Crippen LogP contribution in [0.5, 0.6) is 0 Å². The zero-order valence-electron chi connectivity index (χ0n) is 12.1. The van der Waals surface area contributed by atoms with Gasteiger partial charge in [0.25, 0.3) is 5.91 Å². The van der Waals surface area contributed by atoms with Crippen molar-refractivity contribution < 1.29 is 26.9 Å². The van der Waals surface area contributed by atoms with E-state index in [2.05, 4.69) is 10.5 Å². The average Bonchev–Trinajstić information content (AvgIpc) is 3.18. The van der Waals surface area contributed by atoms with Crippen molar-refractivity contribution in [1.82, 2.24) is 10.5 Å². The minimum absolute atomic E-state index is 0.0326. The maximum absolute atomic E-state index is 12.6. The van der Waals surface area contributed by atoms with Crippen LogP contribution in [0.1, 0.15) is 36.2 Å². The molecule has 124 valence electrons. The van der Waals surface area contributed by atoms with E-state index >= 15 is 0 Å². The van der Waals surface area contributed by atoms with Gasteiger partial charge in [0.2, 0.25) is 5.76 Å². The van der Waals surface area contributed by atoms with Crippen molar-refractivity contribution in [1.29, 1.82) is 0 Å². The van der Waals surface area contributed by atoms with Crippen molar-refractivity contribution in [2.45, 2.75) is 37.9 Å². The summed E-state index contributed by atoms with van der Waals surface area (Å²) in [5.74, 6) is -0.960. The Balaban J connectivity index is 1.56. The number of aromatic nitrogens is 1. The van der Waals surface area contributed by atoms with Gasteiger partial charge >= 0.3 is 6.18 Å². The Kier molecular flexibility index (Phi) is 4.14. The van der Waals surface area contributed by atoms with Gasteiger partial charge in [-0.25, -0.2) is 0 Å². The minimum Gasteiger partial charge on any atom is -0.461 e. The molecule has 23 heavy (non-hydrogen) atoms. The molecular weight excluding hydrogens is 313 g/mol. The third kappa shape index (κ3) is 3.57. The van der Waals surface area contributed by atoms with Gasteiger partial charge in [0.1, 0.15) is 0 Å². The van der Waals surface area contributed by atoms with Crippen molar-refractivity contribution in [3.8, 4) is 11.5 Å². The van der Waals surface area contributed by atoms with Gasteiger partial charge in [-0.05, 0) is 37.8 Å². The summed E-state index contributed by atoms with van der Waals surface area (Å²) in [5.41, 5.74) is 0.0781. The molecule has 1 fully saturated rings. The smallest absolute Gasteiger partial charge is 0.391 e. The Morgan fingerprint density at radius 3 is 2.57 bits per heavy atom. The number of halogens is 3. The molecule has 1 aliphatic rings. The van der Waals surface area contributed by atoms with Crippen molar-refractivity contribution in [3.63, 3.8) is 0 Å². The van der Waals surface area contributed by atoms with Gasteiger partial charge in [-0.3, -0.25) is 4.79 Å². The molecule has 0 unspecified atom stereocenters. The first-order chi connectivity index (χ1) is 10.9. The van der Waals surface area contributed by atoms with Gasteiger partial charge in [-0.2, -0.15) is 13.2 Å². The molecule has 0 saturated heterocycles. The molecule has 3 rings (SSSR count). The lowest BCUT2D eigenvalue weighted by atomic mass is 9.85. The molecule has 5 nitrogen and oxygen atoms in total. The molecule has 1 N–H and O–H groups in total. The lowest BCUT2D eigenvalue weighted by molar-refractivity contribution is -0.182. The molecule has 8 heteroatoms. The lowest BCUT2D eigenvalue weighted by Gasteiger charge is -2.30. The SMILES string of the molecule is O=C(NC1CCC(C(F)(F)F)CC1)c1cc(-c2ccco2)on1. The lowest BCUT2D eigenvalue weighted by Crippen LogP contribution is -2.40. The van der Waals surface area contributed by atoms with E-state index in [0.717, 1.165) is 0 Å². The maximum Gasteiger partial charge on any atom is 0.391 e. The third-order valence-corrected chi connectivity index (χ3v) is 4.03. The van der Waals surface area contributed by atoms with Crippen LogP contribution in [-0.4, -0.2) is 23.3 Å². The van der Waals surface area contributed by atoms with Crippen LogP contribution in [0.25, 0.3) is 11.5 Å². The molecule has 2 aromatic heterocycles. The molecule has 0 aromatic carbocycles. The van der Waals surface area contributed by atoms with Crippen LogP contribution < -0.4 is 5.32 Å². The zero-order chi connectivity index (χ0) is 16.4. The monoisotopic (exact) mass is 328 g/mol. The first-order valence-electron chi connectivity index (χ1n) is 7.31. The van der Waals surface area contributed by atoms with E-state index in [1.54, 1.807) is 12.1 Å². The molecule has 0 aliphatic heterocycles. The Morgan fingerprint density at radius 2 is 1.96 bits per heavy atom. The second-order valence-electron chi connectivity index (χ2n) is 5.62. The number of nitrogens with zero attached hydrogens (tertiary/aromatic N) is 1. The number of hydrogen-bond donors (Lipinski definition) is 1. The van der Waals surface area contributed by atoms with Crippen LogP contribution in [0.15, 0.2) is 33.4 Å². The van der Waals surface area contributed by atoms with Gasteiger partial charge in [0, 0.05) is 12.1 Å². The summed E-state index contributed by atoms with van der Waals surface area (Å²) in [6.07, 6.45) is -2.01. The van der Waals surface area contributed by atoms with Crippen LogP contribution in [0.4, 0.5) is 13.2 Å². The van der Waals surface area contributed by atoms with Crippen LogP contribution in [0.3, 0.4) is 0 Å². The van der Waals surface area contributed by atoms with Gasteiger partial charge < -0.3 is 14.3 Å². The second-order valence-corrected chi connectivity index (χ2v) is 5.62. The number of rotatable bonds is 3. The molecular formula is C15H15F3N2O3. The summed E-state index contributed by atoms with van der Waals surface area (Å²) < 4.78 is 48.0. The molecule has 0 radical (unpaired) electrons. The molecule has 0 spiro atoms. The van der Waals surface area contributed by atoms with E-state index < -0.39 is 18.0 Å². The Bertz CT molecular complexity index is 656. The maximum atomic E-state index is 12.6. The van der Waals surface area contributed by atoms with Gasteiger partial charge in [0.15, 0.2) is 11.5 Å². The van der Waals surface area contributed by atoms with Gasteiger partial charge in [0.05, 0.1) is 12.2 Å².